The molecule has 0 bridgehead atoms. The summed E-state index contributed by atoms with van der Waals surface area (Å²) in [7, 11) is 0. The molecule has 0 spiro atoms. The molecule has 0 aliphatic carbocycles. The van der Waals surface area contributed by atoms with Gasteiger partial charge in [0.1, 0.15) is 5.54 Å². The summed E-state index contributed by atoms with van der Waals surface area (Å²) in [5.74, 6) is 0.606. The highest BCUT2D eigenvalue weighted by molar-refractivity contribution is 5.51. The van der Waals surface area contributed by atoms with Gasteiger partial charge < -0.3 is 5.32 Å². The van der Waals surface area contributed by atoms with E-state index in [0.717, 1.165) is 11.3 Å². The first-order chi connectivity index (χ1) is 10.2. The third-order valence-electron chi connectivity index (χ3n) is 3.59. The number of nitrogens with zero attached hydrogens (tertiary/aromatic N) is 3. The molecule has 1 heterocycles. The largest absolute Gasteiger partial charge is 0.369 e. The Bertz CT molecular complexity index is 691. The van der Waals surface area contributed by atoms with Gasteiger partial charge in [0, 0.05) is 5.69 Å². The van der Waals surface area contributed by atoms with E-state index in [0.29, 0.717) is 5.82 Å². The fourth-order valence-electron chi connectivity index (χ4n) is 2.33. The lowest BCUT2D eigenvalue weighted by Gasteiger charge is -2.29. The molecule has 3 aromatic rings. The Labute approximate surface area is 123 Å². The summed E-state index contributed by atoms with van der Waals surface area (Å²) >= 11 is 0. The van der Waals surface area contributed by atoms with Crippen LogP contribution in [0.1, 0.15) is 23.9 Å². The molecular formula is C16H17N5. The molecule has 2 N–H and O–H groups in total. The summed E-state index contributed by atoms with van der Waals surface area (Å²) in [6.07, 6.45) is 0. The monoisotopic (exact) mass is 279 g/mol. The molecule has 0 saturated heterocycles. The van der Waals surface area contributed by atoms with Gasteiger partial charge in [0.05, 0.1) is 0 Å². The average Bonchev–Trinajstić information content (AvgIpc) is 3.05. The van der Waals surface area contributed by atoms with Crippen molar-refractivity contribution in [2.45, 2.75) is 19.4 Å². The molecule has 1 aromatic heterocycles. The number of nitrogens with one attached hydrogen (secondary N) is 2. The minimum atomic E-state index is -0.552. The quantitative estimate of drug-likeness (QED) is 0.770. The molecule has 0 aliphatic rings. The molecule has 1 atom stereocenters. The van der Waals surface area contributed by atoms with E-state index in [2.05, 4.69) is 69.3 Å². The highest BCUT2D eigenvalue weighted by atomic mass is 15.5. The lowest BCUT2D eigenvalue weighted by Crippen LogP contribution is -2.34. The van der Waals surface area contributed by atoms with Crippen LogP contribution in [0.15, 0.2) is 54.6 Å². The number of H-pyrrole nitrogens is 1. The van der Waals surface area contributed by atoms with Crippen LogP contribution in [0.5, 0.6) is 0 Å². The minimum Gasteiger partial charge on any atom is -0.369 e. The lowest BCUT2D eigenvalue weighted by molar-refractivity contribution is 0.609. The van der Waals surface area contributed by atoms with Crippen molar-refractivity contribution in [3.8, 4) is 0 Å². The van der Waals surface area contributed by atoms with Crippen LogP contribution in [0.2, 0.25) is 0 Å². The lowest BCUT2D eigenvalue weighted by atomic mass is 9.90. The molecular weight excluding hydrogens is 262 g/mol. The molecule has 106 valence electrons. The Hall–Kier alpha value is -2.69. The molecule has 5 heteroatoms. The van der Waals surface area contributed by atoms with E-state index in [1.54, 1.807) is 0 Å². The first kappa shape index (κ1) is 13.3. The van der Waals surface area contributed by atoms with Gasteiger partial charge in [0.15, 0.2) is 0 Å². The number of aryl methyl sites for hydroxylation is 1. The van der Waals surface area contributed by atoms with Crippen LogP contribution in [0, 0.1) is 6.92 Å². The van der Waals surface area contributed by atoms with Crippen molar-refractivity contribution in [2.75, 3.05) is 5.32 Å². The van der Waals surface area contributed by atoms with Gasteiger partial charge >= 0.3 is 0 Å². The van der Waals surface area contributed by atoms with Gasteiger partial charge in [-0.15, -0.1) is 10.2 Å². The number of benzene rings is 2. The second kappa shape index (κ2) is 5.36. The van der Waals surface area contributed by atoms with Crippen molar-refractivity contribution in [1.82, 2.24) is 20.6 Å². The molecule has 0 amide bonds. The summed E-state index contributed by atoms with van der Waals surface area (Å²) in [6, 6.07) is 18.4. The number of anilines is 1. The number of aromatic amines is 1. The highest BCUT2D eigenvalue weighted by Crippen LogP contribution is 2.30. The van der Waals surface area contributed by atoms with Gasteiger partial charge in [0.2, 0.25) is 5.82 Å². The predicted molar refractivity (Wildman–Crippen MR) is 81.9 cm³/mol. The average molecular weight is 279 g/mol. The van der Waals surface area contributed by atoms with Gasteiger partial charge in [-0.3, -0.25) is 0 Å². The molecule has 0 radical (unpaired) electrons. The van der Waals surface area contributed by atoms with Crippen LogP contribution in [0.4, 0.5) is 5.69 Å². The fourth-order valence-corrected chi connectivity index (χ4v) is 2.33. The summed E-state index contributed by atoms with van der Waals surface area (Å²) in [5.41, 5.74) is 2.76. The van der Waals surface area contributed by atoms with E-state index in [-0.39, 0.29) is 0 Å². The van der Waals surface area contributed by atoms with Crippen LogP contribution in [-0.4, -0.2) is 20.6 Å². The van der Waals surface area contributed by atoms with Crippen LogP contribution >= 0.6 is 0 Å². The molecule has 0 saturated carbocycles. The second-order valence-corrected chi connectivity index (χ2v) is 5.22. The van der Waals surface area contributed by atoms with Crippen molar-refractivity contribution < 1.29 is 0 Å². The highest BCUT2D eigenvalue weighted by Gasteiger charge is 2.33. The van der Waals surface area contributed by atoms with Crippen LogP contribution in [-0.2, 0) is 5.54 Å². The Kier molecular flexibility index (Phi) is 3.39. The maximum atomic E-state index is 4.17. The minimum absolute atomic E-state index is 0.552. The van der Waals surface area contributed by atoms with Crippen LogP contribution in [0.25, 0.3) is 0 Å². The van der Waals surface area contributed by atoms with Crippen molar-refractivity contribution in [1.29, 1.82) is 0 Å². The summed E-state index contributed by atoms with van der Waals surface area (Å²) < 4.78 is 0. The molecule has 0 fully saturated rings. The third kappa shape index (κ3) is 2.63. The van der Waals surface area contributed by atoms with Gasteiger partial charge in [-0.05, 0) is 31.5 Å². The van der Waals surface area contributed by atoms with E-state index >= 15 is 0 Å². The van der Waals surface area contributed by atoms with E-state index in [9.17, 15) is 0 Å². The SMILES string of the molecule is Cc1ccc(NC(C)(c2ccccc2)c2nn[nH]n2)cc1. The van der Waals surface area contributed by atoms with Crippen molar-refractivity contribution >= 4 is 5.69 Å². The van der Waals surface area contributed by atoms with Gasteiger partial charge in [-0.25, -0.2) is 0 Å². The number of rotatable bonds is 4. The zero-order valence-electron chi connectivity index (χ0n) is 12.0. The van der Waals surface area contributed by atoms with Crippen molar-refractivity contribution in [3.63, 3.8) is 0 Å². The predicted octanol–water partition coefficient (Wildman–Crippen LogP) is 2.88. The normalized spacial score (nSPS) is 13.6. The maximum absolute atomic E-state index is 4.17. The van der Waals surface area contributed by atoms with Gasteiger partial charge in [-0.2, -0.15) is 5.21 Å². The fraction of sp³-hybridized carbons (Fsp3) is 0.188. The van der Waals surface area contributed by atoms with E-state index in [4.69, 9.17) is 0 Å². The number of hydrogen-bond acceptors (Lipinski definition) is 4. The Morgan fingerprint density at radius 2 is 1.71 bits per heavy atom. The molecule has 5 nitrogen and oxygen atoms in total. The first-order valence-electron chi connectivity index (χ1n) is 6.83. The molecule has 1 unspecified atom stereocenters. The van der Waals surface area contributed by atoms with E-state index in [1.807, 2.05) is 25.1 Å². The van der Waals surface area contributed by atoms with Crippen LogP contribution < -0.4 is 5.32 Å². The molecule has 2 aromatic carbocycles. The second-order valence-electron chi connectivity index (χ2n) is 5.22. The molecule has 21 heavy (non-hydrogen) atoms. The maximum Gasteiger partial charge on any atom is 0.204 e. The van der Waals surface area contributed by atoms with E-state index < -0.39 is 5.54 Å². The van der Waals surface area contributed by atoms with E-state index in [1.165, 1.54) is 5.56 Å². The molecule has 0 aliphatic heterocycles. The zero-order valence-corrected chi connectivity index (χ0v) is 12.0. The smallest absolute Gasteiger partial charge is 0.204 e. The number of hydrogen-bond donors (Lipinski definition) is 2. The molecule has 3 rings (SSSR count). The number of aromatic nitrogens is 4. The first-order valence-corrected chi connectivity index (χ1v) is 6.83. The Morgan fingerprint density at radius 1 is 1.00 bits per heavy atom. The summed E-state index contributed by atoms with van der Waals surface area (Å²) in [4.78, 5) is 0. The Morgan fingerprint density at radius 3 is 2.33 bits per heavy atom. The zero-order chi connectivity index (χ0) is 14.7. The van der Waals surface area contributed by atoms with Gasteiger partial charge in [-0.1, -0.05) is 53.2 Å². The number of tetrazole rings is 1. The van der Waals surface area contributed by atoms with Crippen LogP contribution in [0.3, 0.4) is 0 Å². The van der Waals surface area contributed by atoms with Gasteiger partial charge in [0.25, 0.3) is 0 Å². The summed E-state index contributed by atoms with van der Waals surface area (Å²) in [5, 5.41) is 18.1. The third-order valence-corrected chi connectivity index (χ3v) is 3.59. The standard InChI is InChI=1S/C16H17N5/c1-12-8-10-14(11-9-12)17-16(2,15-18-20-21-19-15)13-6-4-3-5-7-13/h3-11,17H,1-2H3,(H,18,19,20,21). The van der Waals surface area contributed by atoms with Crippen molar-refractivity contribution in [3.05, 3.63) is 71.5 Å². The topological polar surface area (TPSA) is 66.5 Å². The summed E-state index contributed by atoms with van der Waals surface area (Å²) in [6.45, 7) is 4.12. The van der Waals surface area contributed by atoms with Crippen molar-refractivity contribution in [2.24, 2.45) is 0 Å². The Balaban J connectivity index is 2.03.